The molecule has 1 aliphatic rings. The summed E-state index contributed by atoms with van der Waals surface area (Å²) >= 11 is 5.77. The molecule has 1 aromatic heterocycles. The molecule has 5 nitrogen and oxygen atoms in total. The summed E-state index contributed by atoms with van der Waals surface area (Å²) in [6.45, 7) is 10.2. The SMILES string of the molecule is CCc1ccc(-n2c(C)cc(/C=C3/C(=O)N(c4ccccc4)C(=S)N(c4ccc(C)c(C)c4)C3=O)c2C)cc1. The van der Waals surface area contributed by atoms with Crippen molar-refractivity contribution in [3.05, 3.63) is 118 Å². The van der Waals surface area contributed by atoms with Gasteiger partial charge >= 0.3 is 0 Å². The predicted molar refractivity (Wildman–Crippen MR) is 163 cm³/mol. The Hall–Kier alpha value is -4.29. The first kappa shape index (κ1) is 26.3. The molecule has 0 radical (unpaired) electrons. The van der Waals surface area contributed by atoms with Crippen LogP contribution >= 0.6 is 12.2 Å². The highest BCUT2D eigenvalue weighted by molar-refractivity contribution is 7.81. The minimum absolute atomic E-state index is 0.0623. The summed E-state index contributed by atoms with van der Waals surface area (Å²) in [6, 6.07) is 25.5. The van der Waals surface area contributed by atoms with Gasteiger partial charge in [-0.3, -0.25) is 19.4 Å². The number of aryl methyl sites for hydroxylation is 4. The van der Waals surface area contributed by atoms with Crippen LogP contribution < -0.4 is 9.80 Å². The van der Waals surface area contributed by atoms with E-state index < -0.39 is 11.8 Å². The van der Waals surface area contributed by atoms with Gasteiger partial charge < -0.3 is 4.57 Å². The molecular formula is C33H31N3O2S. The molecule has 0 N–H and O–H groups in total. The molecular weight excluding hydrogens is 502 g/mol. The summed E-state index contributed by atoms with van der Waals surface area (Å²) in [5, 5.41) is 0.137. The topological polar surface area (TPSA) is 45.6 Å². The van der Waals surface area contributed by atoms with Gasteiger partial charge in [0.1, 0.15) is 5.57 Å². The molecule has 0 saturated carbocycles. The molecule has 0 atom stereocenters. The third-order valence-electron chi connectivity index (χ3n) is 7.39. The molecule has 1 fully saturated rings. The number of hydrogen-bond donors (Lipinski definition) is 0. The van der Waals surface area contributed by atoms with Crippen LogP contribution in [-0.4, -0.2) is 21.5 Å². The van der Waals surface area contributed by atoms with E-state index in [1.54, 1.807) is 6.08 Å². The van der Waals surface area contributed by atoms with Crippen molar-refractivity contribution >= 4 is 46.6 Å². The molecule has 0 bridgehead atoms. The smallest absolute Gasteiger partial charge is 0.270 e. The highest BCUT2D eigenvalue weighted by Crippen LogP contribution is 2.32. The van der Waals surface area contributed by atoms with Crippen LogP contribution in [0.3, 0.4) is 0 Å². The number of nitrogens with zero attached hydrogens (tertiary/aromatic N) is 3. The van der Waals surface area contributed by atoms with Crippen LogP contribution in [0.2, 0.25) is 0 Å². The lowest BCUT2D eigenvalue weighted by Gasteiger charge is -2.36. The molecule has 39 heavy (non-hydrogen) atoms. The van der Waals surface area contributed by atoms with Crippen molar-refractivity contribution in [2.75, 3.05) is 9.80 Å². The molecule has 2 heterocycles. The minimum atomic E-state index is -0.437. The number of aromatic nitrogens is 1. The normalized spacial score (nSPS) is 15.0. The Morgan fingerprint density at radius 2 is 1.33 bits per heavy atom. The molecule has 1 aliphatic heterocycles. The van der Waals surface area contributed by atoms with E-state index in [9.17, 15) is 9.59 Å². The van der Waals surface area contributed by atoms with Gasteiger partial charge in [0.15, 0.2) is 5.11 Å². The Labute approximate surface area is 235 Å². The zero-order chi connectivity index (χ0) is 27.8. The molecule has 1 saturated heterocycles. The average molecular weight is 534 g/mol. The summed E-state index contributed by atoms with van der Waals surface area (Å²) in [7, 11) is 0. The van der Waals surface area contributed by atoms with Crippen LogP contribution in [0.5, 0.6) is 0 Å². The van der Waals surface area contributed by atoms with E-state index in [1.165, 1.54) is 15.4 Å². The van der Waals surface area contributed by atoms with Crippen LogP contribution in [0.1, 0.15) is 40.6 Å². The van der Waals surface area contributed by atoms with Gasteiger partial charge in [0.2, 0.25) is 0 Å². The lowest BCUT2D eigenvalue weighted by atomic mass is 10.0. The van der Waals surface area contributed by atoms with Crippen molar-refractivity contribution in [1.29, 1.82) is 0 Å². The van der Waals surface area contributed by atoms with Gasteiger partial charge in [-0.05, 0) is 117 Å². The lowest BCUT2D eigenvalue weighted by Crippen LogP contribution is -2.57. The van der Waals surface area contributed by atoms with Crippen LogP contribution in [0.15, 0.2) is 84.4 Å². The van der Waals surface area contributed by atoms with E-state index in [0.29, 0.717) is 11.4 Å². The number of thiocarbonyl (C=S) groups is 1. The number of amides is 2. The van der Waals surface area contributed by atoms with Crippen LogP contribution in [0.4, 0.5) is 11.4 Å². The van der Waals surface area contributed by atoms with Crippen molar-refractivity contribution in [1.82, 2.24) is 4.57 Å². The first-order chi connectivity index (χ1) is 18.7. The van der Waals surface area contributed by atoms with Crippen LogP contribution in [0, 0.1) is 27.7 Å². The first-order valence-electron chi connectivity index (χ1n) is 13.1. The van der Waals surface area contributed by atoms with E-state index in [0.717, 1.165) is 40.2 Å². The lowest BCUT2D eigenvalue weighted by molar-refractivity contribution is -0.120. The number of hydrogen-bond acceptors (Lipinski definition) is 3. The van der Waals surface area contributed by atoms with Crippen molar-refractivity contribution in [2.24, 2.45) is 0 Å². The second-order valence-corrected chi connectivity index (χ2v) is 10.3. The maximum atomic E-state index is 14.0. The Balaban J connectivity index is 1.64. The van der Waals surface area contributed by atoms with E-state index in [-0.39, 0.29) is 10.7 Å². The second kappa shape index (κ2) is 10.5. The van der Waals surface area contributed by atoms with Crippen molar-refractivity contribution in [2.45, 2.75) is 41.0 Å². The summed E-state index contributed by atoms with van der Waals surface area (Å²) in [5.41, 5.74) is 8.53. The average Bonchev–Trinajstić information content (AvgIpc) is 3.21. The molecule has 6 heteroatoms. The molecule has 3 aromatic carbocycles. The van der Waals surface area contributed by atoms with Gasteiger partial charge in [-0.15, -0.1) is 0 Å². The second-order valence-electron chi connectivity index (χ2n) is 9.91. The van der Waals surface area contributed by atoms with Gasteiger partial charge in [0.25, 0.3) is 11.8 Å². The molecule has 4 aromatic rings. The maximum Gasteiger partial charge on any atom is 0.270 e. The van der Waals surface area contributed by atoms with Gasteiger partial charge in [0.05, 0.1) is 11.4 Å². The summed E-state index contributed by atoms with van der Waals surface area (Å²) in [5.74, 6) is -0.870. The van der Waals surface area contributed by atoms with E-state index in [4.69, 9.17) is 12.2 Å². The maximum absolute atomic E-state index is 14.0. The quantitative estimate of drug-likeness (QED) is 0.157. The van der Waals surface area contributed by atoms with Crippen molar-refractivity contribution in [3.63, 3.8) is 0 Å². The summed E-state index contributed by atoms with van der Waals surface area (Å²) in [4.78, 5) is 30.8. The van der Waals surface area contributed by atoms with Gasteiger partial charge in [-0.1, -0.05) is 43.3 Å². The van der Waals surface area contributed by atoms with Gasteiger partial charge in [-0.2, -0.15) is 0 Å². The number of para-hydroxylation sites is 1. The fraction of sp³-hybridized carbons (Fsp3) is 0.182. The number of carbonyl (C=O) groups is 2. The summed E-state index contributed by atoms with van der Waals surface area (Å²) < 4.78 is 2.14. The standard InChI is InChI=1S/C33H31N3O2S/c1-6-25-13-16-28(17-14-25)34-23(4)19-26(24(34)5)20-30-31(37)35(27-10-8-7-9-11-27)33(39)36(32(30)38)29-15-12-21(2)22(3)18-29/h7-20H,6H2,1-5H3/b30-20-. The van der Waals surface area contributed by atoms with E-state index in [1.807, 2.05) is 82.3 Å². The highest BCUT2D eigenvalue weighted by atomic mass is 32.1. The zero-order valence-corrected chi connectivity index (χ0v) is 23.7. The number of carbonyl (C=O) groups excluding carboxylic acids is 2. The predicted octanol–water partition coefficient (Wildman–Crippen LogP) is 7.02. The number of anilines is 2. The highest BCUT2D eigenvalue weighted by Gasteiger charge is 2.41. The Morgan fingerprint density at radius 3 is 1.95 bits per heavy atom. The van der Waals surface area contributed by atoms with Crippen LogP contribution in [0.25, 0.3) is 11.8 Å². The Kier molecular flexibility index (Phi) is 7.06. The van der Waals surface area contributed by atoms with Crippen LogP contribution in [-0.2, 0) is 16.0 Å². The molecule has 0 unspecified atom stereocenters. The first-order valence-corrected chi connectivity index (χ1v) is 13.5. The fourth-order valence-electron chi connectivity index (χ4n) is 4.99. The molecule has 0 spiro atoms. The minimum Gasteiger partial charge on any atom is -0.318 e. The zero-order valence-electron chi connectivity index (χ0n) is 22.9. The Bertz CT molecular complexity index is 1630. The fourth-order valence-corrected chi connectivity index (χ4v) is 5.37. The largest absolute Gasteiger partial charge is 0.318 e. The molecule has 2 amide bonds. The van der Waals surface area contributed by atoms with Crippen molar-refractivity contribution in [3.8, 4) is 5.69 Å². The third kappa shape index (κ3) is 4.72. The van der Waals surface area contributed by atoms with Gasteiger partial charge in [0, 0.05) is 17.1 Å². The van der Waals surface area contributed by atoms with E-state index in [2.05, 4.69) is 35.8 Å². The molecule has 5 rings (SSSR count). The molecule has 196 valence electrons. The van der Waals surface area contributed by atoms with Gasteiger partial charge in [-0.25, -0.2) is 0 Å². The molecule has 0 aliphatic carbocycles. The Morgan fingerprint density at radius 1 is 0.718 bits per heavy atom. The number of rotatable bonds is 5. The van der Waals surface area contributed by atoms with Crippen molar-refractivity contribution < 1.29 is 9.59 Å². The van der Waals surface area contributed by atoms with E-state index >= 15 is 0 Å². The number of benzene rings is 3. The third-order valence-corrected chi connectivity index (χ3v) is 7.75. The summed E-state index contributed by atoms with van der Waals surface area (Å²) in [6.07, 6.45) is 2.68. The monoisotopic (exact) mass is 533 g/mol.